The van der Waals surface area contributed by atoms with Crippen molar-refractivity contribution in [1.82, 2.24) is 10.6 Å². The highest BCUT2D eigenvalue weighted by atomic mass is 79.9. The molecule has 4 nitrogen and oxygen atoms in total. The van der Waals surface area contributed by atoms with Crippen molar-refractivity contribution in [2.24, 2.45) is 0 Å². The van der Waals surface area contributed by atoms with E-state index in [1.807, 2.05) is 92.7 Å². The minimum Gasteiger partial charge on any atom is -0.345 e. The fourth-order valence-electron chi connectivity index (χ4n) is 3.49. The van der Waals surface area contributed by atoms with E-state index in [1.54, 1.807) is 30.3 Å². The summed E-state index contributed by atoms with van der Waals surface area (Å²) in [5, 5.41) is 6.38. The molecule has 0 saturated carbocycles. The van der Waals surface area contributed by atoms with E-state index >= 15 is 0 Å². The molecule has 0 aliphatic carbocycles. The lowest BCUT2D eigenvalue weighted by Crippen LogP contribution is -2.26. The minimum absolute atomic E-state index is 0.00851. The Kier molecular flexibility index (Phi) is 10.3. The summed E-state index contributed by atoms with van der Waals surface area (Å²) in [6.45, 7) is 3.92. The van der Waals surface area contributed by atoms with Gasteiger partial charge in [-0.15, -0.1) is 0 Å². The SMILES string of the molecule is C[C@@H](NC(=O)c1ccccc1Cl)c1ccccc1.C[C@H](NC(=O)c1ccccc1Br)c1ccccc1. The molecule has 0 unspecified atom stereocenters. The fraction of sp³-hybridized carbons (Fsp3) is 0.133. The van der Waals surface area contributed by atoms with Gasteiger partial charge in [-0.25, -0.2) is 0 Å². The molecule has 0 spiro atoms. The van der Waals surface area contributed by atoms with Gasteiger partial charge in [0, 0.05) is 4.47 Å². The molecule has 36 heavy (non-hydrogen) atoms. The number of carbonyl (C=O) groups is 2. The van der Waals surface area contributed by atoms with Crippen LogP contribution in [0.5, 0.6) is 0 Å². The van der Waals surface area contributed by atoms with Gasteiger partial charge in [-0.05, 0) is 65.2 Å². The molecular formula is C30H28BrClN2O2. The molecule has 4 aromatic rings. The van der Waals surface area contributed by atoms with Crippen molar-refractivity contribution in [3.8, 4) is 0 Å². The molecule has 2 N–H and O–H groups in total. The number of amides is 2. The van der Waals surface area contributed by atoms with Crippen molar-refractivity contribution in [3.05, 3.63) is 141 Å². The normalized spacial score (nSPS) is 11.9. The summed E-state index contributed by atoms with van der Waals surface area (Å²) < 4.78 is 0.808. The Morgan fingerprint density at radius 3 is 1.47 bits per heavy atom. The van der Waals surface area contributed by atoms with Crippen LogP contribution in [0.3, 0.4) is 0 Å². The summed E-state index contributed by atoms with van der Waals surface area (Å²) in [5.74, 6) is -0.226. The van der Waals surface area contributed by atoms with Gasteiger partial charge in [-0.3, -0.25) is 9.59 Å². The zero-order valence-corrected chi connectivity index (χ0v) is 22.5. The number of hydrogen-bond acceptors (Lipinski definition) is 2. The average molecular weight is 564 g/mol. The number of rotatable bonds is 6. The Morgan fingerprint density at radius 2 is 1.00 bits per heavy atom. The molecule has 0 aliphatic heterocycles. The summed E-state index contributed by atoms with van der Waals surface area (Å²) in [6, 6.07) is 34.1. The van der Waals surface area contributed by atoms with Gasteiger partial charge in [0.05, 0.1) is 28.2 Å². The number of nitrogens with one attached hydrogen (secondary N) is 2. The first-order valence-corrected chi connectivity index (χ1v) is 12.7. The van der Waals surface area contributed by atoms with Gasteiger partial charge in [0.2, 0.25) is 0 Å². The number of halogens is 2. The van der Waals surface area contributed by atoms with E-state index < -0.39 is 0 Å². The molecule has 0 heterocycles. The van der Waals surface area contributed by atoms with Crippen molar-refractivity contribution in [1.29, 1.82) is 0 Å². The third-order valence-electron chi connectivity index (χ3n) is 5.53. The predicted octanol–water partition coefficient (Wildman–Crippen LogP) is 7.77. The molecule has 2 atom stereocenters. The molecule has 0 aromatic heterocycles. The largest absolute Gasteiger partial charge is 0.345 e. The maximum Gasteiger partial charge on any atom is 0.253 e. The molecule has 0 aliphatic rings. The Balaban J connectivity index is 0.000000201. The van der Waals surface area contributed by atoms with E-state index in [0.29, 0.717) is 16.1 Å². The third-order valence-corrected chi connectivity index (χ3v) is 6.55. The van der Waals surface area contributed by atoms with E-state index in [0.717, 1.165) is 15.6 Å². The van der Waals surface area contributed by atoms with E-state index in [2.05, 4.69) is 26.6 Å². The van der Waals surface area contributed by atoms with Crippen LogP contribution in [-0.2, 0) is 0 Å². The van der Waals surface area contributed by atoms with Gasteiger partial charge >= 0.3 is 0 Å². The zero-order valence-electron chi connectivity index (χ0n) is 20.1. The highest BCUT2D eigenvalue weighted by Crippen LogP contribution is 2.19. The summed E-state index contributed by atoms with van der Waals surface area (Å²) in [6.07, 6.45) is 0. The molecule has 6 heteroatoms. The molecule has 0 saturated heterocycles. The summed E-state index contributed by atoms with van der Waals surface area (Å²) in [4.78, 5) is 24.2. The second kappa shape index (κ2) is 13.6. The molecular weight excluding hydrogens is 536 g/mol. The standard InChI is InChI=1S/C15H14BrNO.C15H14ClNO/c2*1-11(12-7-3-2-4-8-12)17-15(18)13-9-5-6-10-14(13)16/h2*2-11H,1H3,(H,17,18)/t2*11-/m01/s1. The lowest BCUT2D eigenvalue weighted by molar-refractivity contribution is 0.0931. The Morgan fingerprint density at radius 1 is 0.611 bits per heavy atom. The lowest BCUT2D eigenvalue weighted by atomic mass is 10.1. The molecule has 2 amide bonds. The molecule has 4 aromatic carbocycles. The maximum absolute atomic E-state index is 12.1. The third kappa shape index (κ3) is 7.80. The van der Waals surface area contributed by atoms with Crippen LogP contribution in [0.4, 0.5) is 0 Å². The van der Waals surface area contributed by atoms with Gasteiger partial charge in [0.1, 0.15) is 0 Å². The first kappa shape index (κ1) is 27.2. The summed E-state index contributed by atoms with van der Waals surface area (Å²) in [7, 11) is 0. The van der Waals surface area contributed by atoms with Crippen LogP contribution in [0.15, 0.2) is 114 Å². The Bertz CT molecular complexity index is 1180. The minimum atomic E-state index is -0.156. The average Bonchev–Trinajstić information content (AvgIpc) is 2.90. The van der Waals surface area contributed by atoms with Gasteiger partial charge < -0.3 is 10.6 Å². The Hall–Kier alpha value is -3.41. The first-order valence-electron chi connectivity index (χ1n) is 11.6. The second-order valence-corrected chi connectivity index (χ2v) is 9.43. The van der Waals surface area contributed by atoms with Crippen LogP contribution < -0.4 is 10.6 Å². The number of hydrogen-bond donors (Lipinski definition) is 2. The van der Waals surface area contributed by atoms with Crippen molar-refractivity contribution in [3.63, 3.8) is 0 Å². The molecule has 0 bridgehead atoms. The van der Waals surface area contributed by atoms with Crippen LogP contribution in [0.25, 0.3) is 0 Å². The predicted molar refractivity (Wildman–Crippen MR) is 150 cm³/mol. The van der Waals surface area contributed by atoms with Gasteiger partial charge in [-0.2, -0.15) is 0 Å². The van der Waals surface area contributed by atoms with Crippen LogP contribution in [0.2, 0.25) is 5.02 Å². The van der Waals surface area contributed by atoms with Crippen molar-refractivity contribution in [2.45, 2.75) is 25.9 Å². The van der Waals surface area contributed by atoms with Crippen molar-refractivity contribution >= 4 is 39.3 Å². The Labute approximate surface area is 225 Å². The zero-order chi connectivity index (χ0) is 25.9. The summed E-state index contributed by atoms with van der Waals surface area (Å²) in [5.41, 5.74) is 3.32. The van der Waals surface area contributed by atoms with E-state index in [-0.39, 0.29) is 23.9 Å². The van der Waals surface area contributed by atoms with Crippen LogP contribution in [0, 0.1) is 0 Å². The molecule has 184 valence electrons. The van der Waals surface area contributed by atoms with E-state index in [1.165, 1.54) is 0 Å². The van der Waals surface area contributed by atoms with E-state index in [4.69, 9.17) is 11.6 Å². The topological polar surface area (TPSA) is 58.2 Å². The highest BCUT2D eigenvalue weighted by molar-refractivity contribution is 9.10. The summed E-state index contributed by atoms with van der Waals surface area (Å²) >= 11 is 9.37. The fourth-order valence-corrected chi connectivity index (χ4v) is 4.18. The highest BCUT2D eigenvalue weighted by Gasteiger charge is 2.14. The molecule has 0 radical (unpaired) electrons. The van der Waals surface area contributed by atoms with E-state index in [9.17, 15) is 9.59 Å². The second-order valence-electron chi connectivity index (χ2n) is 8.17. The van der Waals surface area contributed by atoms with Gasteiger partial charge in [0.15, 0.2) is 0 Å². The molecule has 4 rings (SSSR count). The van der Waals surface area contributed by atoms with Gasteiger partial charge in [0.25, 0.3) is 11.8 Å². The quantitative estimate of drug-likeness (QED) is 0.252. The van der Waals surface area contributed by atoms with Crippen LogP contribution in [-0.4, -0.2) is 11.8 Å². The first-order chi connectivity index (χ1) is 17.4. The van der Waals surface area contributed by atoms with Crippen molar-refractivity contribution in [2.75, 3.05) is 0 Å². The number of benzene rings is 4. The van der Waals surface area contributed by atoms with Crippen LogP contribution in [0.1, 0.15) is 57.8 Å². The lowest BCUT2D eigenvalue weighted by Gasteiger charge is -2.14. The smallest absolute Gasteiger partial charge is 0.253 e. The number of carbonyl (C=O) groups excluding carboxylic acids is 2. The monoisotopic (exact) mass is 562 g/mol. The van der Waals surface area contributed by atoms with Gasteiger partial charge in [-0.1, -0.05) is 96.5 Å². The van der Waals surface area contributed by atoms with Crippen LogP contribution >= 0.6 is 27.5 Å². The van der Waals surface area contributed by atoms with Crippen molar-refractivity contribution < 1.29 is 9.59 Å². The maximum atomic E-state index is 12.1. The molecule has 0 fully saturated rings.